The van der Waals surface area contributed by atoms with Crippen LogP contribution >= 0.6 is 0 Å². The molecule has 0 aliphatic rings. The van der Waals surface area contributed by atoms with E-state index in [2.05, 4.69) is 11.9 Å². The van der Waals surface area contributed by atoms with Gasteiger partial charge >= 0.3 is 12.1 Å². The van der Waals surface area contributed by atoms with Crippen LogP contribution in [-0.2, 0) is 9.59 Å². The van der Waals surface area contributed by atoms with Gasteiger partial charge in [0.1, 0.15) is 6.04 Å². The minimum absolute atomic E-state index is 0.000341. The van der Waals surface area contributed by atoms with Gasteiger partial charge in [-0.05, 0) is 6.42 Å². The Morgan fingerprint density at radius 1 is 1.41 bits per heavy atom. The largest absolute Gasteiger partial charge is 0.480 e. The van der Waals surface area contributed by atoms with Gasteiger partial charge in [-0.2, -0.15) is 13.2 Å². The van der Waals surface area contributed by atoms with Crippen molar-refractivity contribution in [3.8, 4) is 0 Å². The van der Waals surface area contributed by atoms with E-state index >= 15 is 0 Å². The van der Waals surface area contributed by atoms with Crippen molar-refractivity contribution in [2.75, 3.05) is 13.1 Å². The van der Waals surface area contributed by atoms with E-state index in [1.807, 2.05) is 5.32 Å². The van der Waals surface area contributed by atoms with Gasteiger partial charge in [-0.3, -0.25) is 4.79 Å². The molecule has 0 radical (unpaired) electrons. The van der Waals surface area contributed by atoms with Gasteiger partial charge in [0.2, 0.25) is 5.91 Å². The Morgan fingerprint density at radius 3 is 2.41 bits per heavy atom. The summed E-state index contributed by atoms with van der Waals surface area (Å²) in [6.07, 6.45) is -3.11. The van der Waals surface area contributed by atoms with Crippen LogP contribution in [0, 0.1) is 0 Å². The predicted molar refractivity (Wildman–Crippen MR) is 53.3 cm³/mol. The quantitative estimate of drug-likeness (QED) is 0.570. The van der Waals surface area contributed by atoms with Gasteiger partial charge in [0.05, 0.1) is 13.1 Å². The van der Waals surface area contributed by atoms with Crippen LogP contribution in [0.1, 0.15) is 6.42 Å². The number of rotatable bonds is 7. The second kappa shape index (κ2) is 6.89. The van der Waals surface area contributed by atoms with Gasteiger partial charge in [-0.1, -0.05) is 6.08 Å². The van der Waals surface area contributed by atoms with E-state index in [4.69, 9.17) is 5.11 Å². The molecule has 0 saturated heterocycles. The lowest BCUT2D eigenvalue weighted by molar-refractivity contribution is -0.142. The predicted octanol–water partition coefficient (Wildman–Crippen LogP) is 0.284. The third-order valence-electron chi connectivity index (χ3n) is 1.65. The van der Waals surface area contributed by atoms with Gasteiger partial charge in [0.25, 0.3) is 0 Å². The van der Waals surface area contributed by atoms with E-state index in [-0.39, 0.29) is 6.42 Å². The van der Waals surface area contributed by atoms with E-state index in [0.717, 1.165) is 0 Å². The molecule has 8 heteroatoms. The van der Waals surface area contributed by atoms with Gasteiger partial charge in [0.15, 0.2) is 0 Å². The van der Waals surface area contributed by atoms with Crippen LogP contribution in [0.15, 0.2) is 12.7 Å². The molecule has 0 saturated carbocycles. The Hall–Kier alpha value is -1.57. The second-order valence-corrected chi connectivity index (χ2v) is 3.20. The summed E-state index contributed by atoms with van der Waals surface area (Å²) >= 11 is 0. The highest BCUT2D eigenvalue weighted by Crippen LogP contribution is 2.11. The van der Waals surface area contributed by atoms with E-state index < -0.39 is 37.2 Å². The lowest BCUT2D eigenvalue weighted by atomic mass is 10.2. The lowest BCUT2D eigenvalue weighted by Crippen LogP contribution is -2.45. The molecule has 0 aliphatic heterocycles. The Kier molecular flexibility index (Phi) is 6.26. The van der Waals surface area contributed by atoms with Crippen LogP contribution in [0.5, 0.6) is 0 Å². The zero-order chi connectivity index (χ0) is 13.5. The average Bonchev–Trinajstić information content (AvgIpc) is 2.14. The van der Waals surface area contributed by atoms with Crippen LogP contribution < -0.4 is 10.6 Å². The number of carboxylic acids is 1. The number of carbonyl (C=O) groups is 2. The molecule has 0 bridgehead atoms. The van der Waals surface area contributed by atoms with Gasteiger partial charge in [-0.15, -0.1) is 6.58 Å². The summed E-state index contributed by atoms with van der Waals surface area (Å²) in [5.41, 5.74) is 0. The summed E-state index contributed by atoms with van der Waals surface area (Å²) in [4.78, 5) is 21.7. The number of aliphatic carboxylic acids is 1. The SMILES string of the molecule is C=CC[C@@H](NC(=O)CNCC(F)(F)F)C(=O)O. The smallest absolute Gasteiger partial charge is 0.401 e. The number of nitrogens with one attached hydrogen (secondary N) is 2. The second-order valence-electron chi connectivity index (χ2n) is 3.20. The van der Waals surface area contributed by atoms with E-state index in [1.165, 1.54) is 6.08 Å². The molecule has 0 fully saturated rings. The molecule has 0 aromatic carbocycles. The molecule has 0 heterocycles. The molecule has 5 nitrogen and oxygen atoms in total. The third-order valence-corrected chi connectivity index (χ3v) is 1.65. The highest BCUT2D eigenvalue weighted by atomic mass is 19.4. The minimum Gasteiger partial charge on any atom is -0.480 e. The molecule has 98 valence electrons. The normalized spacial score (nSPS) is 12.9. The lowest BCUT2D eigenvalue weighted by Gasteiger charge is -2.13. The zero-order valence-corrected chi connectivity index (χ0v) is 8.88. The topological polar surface area (TPSA) is 78.4 Å². The van der Waals surface area contributed by atoms with Gasteiger partial charge < -0.3 is 15.7 Å². The van der Waals surface area contributed by atoms with Gasteiger partial charge in [-0.25, -0.2) is 4.79 Å². The molecule has 1 atom stereocenters. The van der Waals surface area contributed by atoms with Crippen molar-refractivity contribution in [2.24, 2.45) is 0 Å². The minimum atomic E-state index is -4.41. The molecule has 0 aromatic heterocycles. The number of halogens is 3. The Morgan fingerprint density at radius 2 is 2.00 bits per heavy atom. The summed E-state index contributed by atoms with van der Waals surface area (Å²) < 4.78 is 35.1. The number of carboxylic acid groups (broad SMARTS) is 1. The first-order valence-electron chi connectivity index (χ1n) is 4.67. The number of amides is 1. The fourth-order valence-electron chi connectivity index (χ4n) is 0.951. The number of hydrogen-bond donors (Lipinski definition) is 3. The van der Waals surface area contributed by atoms with E-state index in [0.29, 0.717) is 0 Å². The first kappa shape index (κ1) is 15.4. The molecule has 0 aliphatic carbocycles. The first-order valence-corrected chi connectivity index (χ1v) is 4.67. The zero-order valence-electron chi connectivity index (χ0n) is 8.88. The third kappa shape index (κ3) is 8.26. The molecular formula is C9H13F3N2O3. The monoisotopic (exact) mass is 254 g/mol. The Balaban J connectivity index is 3.99. The number of hydrogen-bond acceptors (Lipinski definition) is 3. The van der Waals surface area contributed by atoms with Crippen molar-refractivity contribution < 1.29 is 27.9 Å². The van der Waals surface area contributed by atoms with E-state index in [1.54, 1.807) is 0 Å². The summed E-state index contributed by atoms with van der Waals surface area (Å²) in [7, 11) is 0. The number of carbonyl (C=O) groups excluding carboxylic acids is 1. The molecular weight excluding hydrogens is 241 g/mol. The van der Waals surface area contributed by atoms with Gasteiger partial charge in [0, 0.05) is 0 Å². The van der Waals surface area contributed by atoms with Crippen molar-refractivity contribution in [3.05, 3.63) is 12.7 Å². The summed E-state index contributed by atoms with van der Waals surface area (Å²) in [6, 6.07) is -1.17. The Labute approximate surface area is 95.7 Å². The van der Waals surface area contributed by atoms with Crippen LogP contribution in [-0.4, -0.2) is 42.3 Å². The maximum absolute atomic E-state index is 11.7. The molecule has 0 rings (SSSR count). The van der Waals surface area contributed by atoms with Crippen LogP contribution in [0.4, 0.5) is 13.2 Å². The maximum atomic E-state index is 11.7. The van der Waals surface area contributed by atoms with Crippen molar-refractivity contribution in [1.29, 1.82) is 0 Å². The first-order chi connectivity index (χ1) is 7.76. The average molecular weight is 254 g/mol. The fraction of sp³-hybridized carbons (Fsp3) is 0.556. The molecule has 17 heavy (non-hydrogen) atoms. The maximum Gasteiger partial charge on any atom is 0.401 e. The number of alkyl halides is 3. The highest BCUT2D eigenvalue weighted by Gasteiger charge is 2.27. The van der Waals surface area contributed by atoms with Crippen molar-refractivity contribution in [1.82, 2.24) is 10.6 Å². The van der Waals surface area contributed by atoms with Crippen molar-refractivity contribution in [2.45, 2.75) is 18.6 Å². The Bertz CT molecular complexity index is 292. The highest BCUT2D eigenvalue weighted by molar-refractivity contribution is 5.84. The van der Waals surface area contributed by atoms with Crippen LogP contribution in [0.2, 0.25) is 0 Å². The summed E-state index contributed by atoms with van der Waals surface area (Å²) in [5.74, 6) is -2.09. The molecule has 1 amide bonds. The van der Waals surface area contributed by atoms with Crippen LogP contribution in [0.25, 0.3) is 0 Å². The molecule has 0 aromatic rings. The van der Waals surface area contributed by atoms with E-state index in [9.17, 15) is 22.8 Å². The van der Waals surface area contributed by atoms with Crippen molar-refractivity contribution >= 4 is 11.9 Å². The summed E-state index contributed by atoms with van der Waals surface area (Å²) in [5, 5.41) is 12.6. The summed E-state index contributed by atoms with van der Waals surface area (Å²) in [6.45, 7) is 1.40. The molecule has 0 spiro atoms. The molecule has 3 N–H and O–H groups in total. The fourth-order valence-corrected chi connectivity index (χ4v) is 0.951. The standard InChI is InChI=1S/C9H13F3N2O3/c1-2-3-6(8(16)17)14-7(15)4-13-5-9(10,11)12/h2,6,13H,1,3-5H2,(H,14,15)(H,16,17)/t6-/m1/s1. The molecule has 0 unspecified atom stereocenters. The van der Waals surface area contributed by atoms with Crippen molar-refractivity contribution in [3.63, 3.8) is 0 Å². The van der Waals surface area contributed by atoms with Crippen LogP contribution in [0.3, 0.4) is 0 Å².